The fraction of sp³-hybridized carbons (Fsp3) is 0.444. The average Bonchev–Trinajstić information content (AvgIpc) is 3.37. The van der Waals surface area contributed by atoms with Crippen molar-refractivity contribution in [1.29, 1.82) is 0 Å². The molecule has 1 saturated heterocycles. The molecule has 3 aromatic rings. The van der Waals surface area contributed by atoms with Gasteiger partial charge in [0.25, 0.3) is 0 Å². The first-order valence-corrected chi connectivity index (χ1v) is 12.2. The van der Waals surface area contributed by atoms with Crippen molar-refractivity contribution >= 4 is 5.91 Å². The molecule has 1 amide bonds. The van der Waals surface area contributed by atoms with Crippen molar-refractivity contribution in [3.8, 4) is 23.0 Å². The lowest BCUT2D eigenvalue weighted by atomic mass is 9.80. The summed E-state index contributed by atoms with van der Waals surface area (Å²) in [6.45, 7) is 3.16. The zero-order valence-corrected chi connectivity index (χ0v) is 20.3. The van der Waals surface area contributed by atoms with Gasteiger partial charge in [-0.25, -0.2) is 0 Å². The molecule has 35 heavy (non-hydrogen) atoms. The van der Waals surface area contributed by atoms with Gasteiger partial charge in [0.15, 0.2) is 17.3 Å². The predicted octanol–water partition coefficient (Wildman–Crippen LogP) is 3.50. The molecule has 0 saturated carbocycles. The molecule has 2 aliphatic heterocycles. The molecule has 4 heterocycles. The summed E-state index contributed by atoms with van der Waals surface area (Å²) in [5.74, 6) is 2.98. The summed E-state index contributed by atoms with van der Waals surface area (Å²) in [6.07, 6.45) is 4.89. The molecule has 5 rings (SSSR count). The summed E-state index contributed by atoms with van der Waals surface area (Å²) in [5, 5.41) is 7.78. The molecule has 184 valence electrons. The third kappa shape index (κ3) is 5.17. The van der Waals surface area contributed by atoms with E-state index in [0.29, 0.717) is 36.3 Å². The summed E-state index contributed by atoms with van der Waals surface area (Å²) in [4.78, 5) is 19.7. The van der Waals surface area contributed by atoms with Gasteiger partial charge < -0.3 is 24.2 Å². The molecule has 1 aromatic carbocycles. The Kier molecular flexibility index (Phi) is 6.99. The van der Waals surface area contributed by atoms with Crippen LogP contribution in [0.5, 0.6) is 11.5 Å². The fourth-order valence-electron chi connectivity index (χ4n) is 5.24. The SMILES string of the molecule is COc1cc2c(cc1OC)CN(C(=O)C[C@H]1CCNC[C@@H]1Cc1cc(-c3ccccn3)on1)CC2. The minimum Gasteiger partial charge on any atom is -0.493 e. The van der Waals surface area contributed by atoms with E-state index in [4.69, 9.17) is 14.0 Å². The van der Waals surface area contributed by atoms with Crippen molar-refractivity contribution in [2.45, 2.75) is 32.2 Å². The number of carbonyl (C=O) groups excluding carboxylic acids is 1. The van der Waals surface area contributed by atoms with Gasteiger partial charge in [0.2, 0.25) is 5.91 Å². The summed E-state index contributed by atoms with van der Waals surface area (Å²) in [5.41, 5.74) is 4.04. The normalized spacial score (nSPS) is 19.8. The van der Waals surface area contributed by atoms with Crippen LogP contribution in [0.25, 0.3) is 11.5 Å². The van der Waals surface area contributed by atoms with Crippen LogP contribution in [0, 0.1) is 11.8 Å². The van der Waals surface area contributed by atoms with Crippen LogP contribution in [-0.2, 0) is 24.2 Å². The van der Waals surface area contributed by atoms with Gasteiger partial charge in [-0.1, -0.05) is 11.2 Å². The number of nitrogens with zero attached hydrogens (tertiary/aromatic N) is 3. The molecule has 2 atom stereocenters. The van der Waals surface area contributed by atoms with Crippen LogP contribution in [0.2, 0.25) is 0 Å². The van der Waals surface area contributed by atoms with Gasteiger partial charge in [-0.05, 0) is 79.6 Å². The number of benzene rings is 1. The van der Waals surface area contributed by atoms with Gasteiger partial charge >= 0.3 is 0 Å². The molecule has 8 nitrogen and oxygen atoms in total. The highest BCUT2D eigenvalue weighted by atomic mass is 16.5. The number of pyridine rings is 1. The highest BCUT2D eigenvalue weighted by Crippen LogP contribution is 2.34. The van der Waals surface area contributed by atoms with Gasteiger partial charge in [-0.3, -0.25) is 9.78 Å². The molecular formula is C27H32N4O4. The highest BCUT2D eigenvalue weighted by Gasteiger charge is 2.31. The first-order valence-electron chi connectivity index (χ1n) is 12.2. The Labute approximate surface area is 205 Å². The molecule has 2 aromatic heterocycles. The van der Waals surface area contributed by atoms with E-state index in [2.05, 4.69) is 15.5 Å². The quantitative estimate of drug-likeness (QED) is 0.558. The third-order valence-electron chi connectivity index (χ3n) is 7.22. The lowest BCUT2D eigenvalue weighted by molar-refractivity contribution is -0.133. The molecule has 2 aliphatic rings. The summed E-state index contributed by atoms with van der Waals surface area (Å²) in [7, 11) is 3.29. The summed E-state index contributed by atoms with van der Waals surface area (Å²) in [6, 6.07) is 11.7. The number of hydrogen-bond acceptors (Lipinski definition) is 7. The molecular weight excluding hydrogens is 444 g/mol. The van der Waals surface area contributed by atoms with Gasteiger partial charge in [-0.2, -0.15) is 0 Å². The van der Waals surface area contributed by atoms with E-state index in [1.165, 1.54) is 5.56 Å². The Morgan fingerprint density at radius 3 is 2.74 bits per heavy atom. The van der Waals surface area contributed by atoms with Crippen LogP contribution in [0.3, 0.4) is 0 Å². The number of methoxy groups -OCH3 is 2. The largest absolute Gasteiger partial charge is 0.493 e. The number of fused-ring (bicyclic) bond motifs is 1. The number of aromatic nitrogens is 2. The van der Waals surface area contributed by atoms with Gasteiger partial charge in [0, 0.05) is 31.8 Å². The number of rotatable bonds is 7. The van der Waals surface area contributed by atoms with Gasteiger partial charge in [0.1, 0.15) is 5.69 Å². The fourth-order valence-corrected chi connectivity index (χ4v) is 5.24. The van der Waals surface area contributed by atoms with Crippen LogP contribution in [-0.4, -0.2) is 54.8 Å². The van der Waals surface area contributed by atoms with E-state index in [0.717, 1.165) is 61.6 Å². The van der Waals surface area contributed by atoms with Crippen molar-refractivity contribution < 1.29 is 18.8 Å². The lowest BCUT2D eigenvalue weighted by Gasteiger charge is -2.35. The molecule has 0 radical (unpaired) electrons. The zero-order chi connectivity index (χ0) is 24.2. The van der Waals surface area contributed by atoms with E-state index >= 15 is 0 Å². The van der Waals surface area contributed by atoms with Crippen LogP contribution in [0.1, 0.15) is 29.7 Å². The molecule has 1 fully saturated rings. The van der Waals surface area contributed by atoms with Crippen LogP contribution < -0.4 is 14.8 Å². The van der Waals surface area contributed by atoms with Gasteiger partial charge in [-0.15, -0.1) is 0 Å². The van der Waals surface area contributed by atoms with Crippen LogP contribution >= 0.6 is 0 Å². The monoisotopic (exact) mass is 476 g/mol. The molecule has 0 unspecified atom stereocenters. The van der Waals surface area contributed by atoms with E-state index in [1.54, 1.807) is 20.4 Å². The Morgan fingerprint density at radius 2 is 1.97 bits per heavy atom. The van der Waals surface area contributed by atoms with E-state index in [1.807, 2.05) is 41.3 Å². The molecule has 1 N–H and O–H groups in total. The number of nitrogens with one attached hydrogen (secondary N) is 1. The molecule has 0 bridgehead atoms. The second-order valence-corrected chi connectivity index (χ2v) is 9.36. The van der Waals surface area contributed by atoms with Crippen LogP contribution in [0.15, 0.2) is 47.1 Å². The maximum Gasteiger partial charge on any atom is 0.223 e. The van der Waals surface area contributed by atoms with E-state index in [9.17, 15) is 4.79 Å². The minimum absolute atomic E-state index is 0.219. The Morgan fingerprint density at radius 1 is 1.14 bits per heavy atom. The summed E-state index contributed by atoms with van der Waals surface area (Å²) >= 11 is 0. The number of carbonyl (C=O) groups is 1. The second kappa shape index (κ2) is 10.5. The summed E-state index contributed by atoms with van der Waals surface area (Å²) < 4.78 is 16.4. The lowest BCUT2D eigenvalue weighted by Crippen LogP contribution is -2.42. The van der Waals surface area contributed by atoms with Gasteiger partial charge in [0.05, 0.1) is 19.9 Å². The smallest absolute Gasteiger partial charge is 0.223 e. The second-order valence-electron chi connectivity index (χ2n) is 9.36. The van der Waals surface area contributed by atoms with Crippen molar-refractivity contribution in [2.75, 3.05) is 33.9 Å². The highest BCUT2D eigenvalue weighted by molar-refractivity contribution is 5.77. The first kappa shape index (κ1) is 23.4. The minimum atomic E-state index is 0.219. The Hall–Kier alpha value is -3.39. The topological polar surface area (TPSA) is 89.7 Å². The Balaban J connectivity index is 1.23. The van der Waals surface area contributed by atoms with E-state index in [-0.39, 0.29) is 5.91 Å². The number of ether oxygens (including phenoxy) is 2. The van der Waals surface area contributed by atoms with E-state index < -0.39 is 0 Å². The van der Waals surface area contributed by atoms with Crippen molar-refractivity contribution in [1.82, 2.24) is 20.4 Å². The first-order chi connectivity index (χ1) is 17.1. The van der Waals surface area contributed by atoms with Crippen molar-refractivity contribution in [3.63, 3.8) is 0 Å². The Bertz CT molecular complexity index is 1160. The van der Waals surface area contributed by atoms with Crippen molar-refractivity contribution in [2.24, 2.45) is 11.8 Å². The molecule has 8 heteroatoms. The predicted molar refractivity (Wildman–Crippen MR) is 131 cm³/mol. The van der Waals surface area contributed by atoms with Crippen molar-refractivity contribution in [3.05, 3.63) is 59.4 Å². The maximum atomic E-state index is 13.3. The standard InChI is InChI=1S/C27H32N4O4/c1-33-25-12-19-7-10-31(17-21(19)13-26(25)34-2)27(32)14-18-6-9-28-16-20(18)11-22-15-24(35-30-22)23-5-3-4-8-29-23/h3-5,8,12-13,15,18,20,28H,6-7,9-11,14,16-17H2,1-2H3/t18-,20+/m1/s1. The molecule has 0 spiro atoms. The zero-order valence-electron chi connectivity index (χ0n) is 20.3. The number of hydrogen-bond donors (Lipinski definition) is 1. The average molecular weight is 477 g/mol. The molecule has 0 aliphatic carbocycles. The number of amides is 1. The number of piperidine rings is 1. The third-order valence-corrected chi connectivity index (χ3v) is 7.22. The maximum absolute atomic E-state index is 13.3. The van der Waals surface area contributed by atoms with Crippen LogP contribution in [0.4, 0.5) is 0 Å².